The Balaban J connectivity index is 1.94. The summed E-state index contributed by atoms with van der Waals surface area (Å²) < 4.78 is 0. The fourth-order valence-corrected chi connectivity index (χ4v) is 11.5. The van der Waals surface area contributed by atoms with Gasteiger partial charge in [0.2, 0.25) is 65.0 Å². The van der Waals surface area contributed by atoms with Gasteiger partial charge in [-0.2, -0.15) is 11.8 Å². The van der Waals surface area contributed by atoms with Crippen molar-refractivity contribution < 1.29 is 93.0 Å². The van der Waals surface area contributed by atoms with Crippen molar-refractivity contribution in [2.24, 2.45) is 50.5 Å². The number of nitrogens with two attached hydrogens (primary N) is 5. The van der Waals surface area contributed by atoms with Gasteiger partial charge in [-0.1, -0.05) is 39.8 Å². The molecule has 0 saturated carbocycles. The molecule has 3 rings (SSSR count). The van der Waals surface area contributed by atoms with Crippen LogP contribution in [-0.4, -0.2) is 259 Å². The maximum atomic E-state index is 14.8. The number of aliphatic hydroxyl groups is 3. The molecule has 38 heteroatoms. The normalized spacial score (nSPS) is 17.6. The summed E-state index contributed by atoms with van der Waals surface area (Å²) in [5.41, 5.74) is 28.2. The zero-order valence-corrected chi connectivity index (χ0v) is 58.0. The molecule has 2 fully saturated rings. The Bertz CT molecular complexity index is 3030. The highest BCUT2D eigenvalue weighted by atomic mass is 32.2. The van der Waals surface area contributed by atoms with E-state index in [-0.39, 0.29) is 132 Å². The number of carboxylic acid groups (broad SMARTS) is 2. The number of aromatic hydroxyl groups is 1. The SMILES string of the molecule is CSCC[C@H](NC(=O)[C@H](CC(=O)O)NC(=O)[C@H](Cc1ccc(O)cc1)NC(=O)[C@@H]1CCCN1C(=O)[C@H](CC(C)C)NC(=O)[C@@H]1CCCN1C(=O)[C@@H](NC(=O)[C@H](CO)NC(=O)[C@@H](N)CC(C)C)[C@@H](C)O)C(=O)N[C@@H](CCCN=C(N)N)C(=O)N[C@@H](CCCN=C(N)N)C(=O)N[C@@H](CO)C(=O)O. The van der Waals surface area contributed by atoms with Crippen LogP contribution in [0.1, 0.15) is 117 Å². The first-order valence-corrected chi connectivity index (χ1v) is 34.3. The number of carbonyl (C=O) groups is 13. The number of aliphatic imine (C=N–C) groups is 2. The number of carboxylic acids is 2. The number of carbonyl (C=O) groups excluding carboxylic acids is 11. The zero-order chi connectivity index (χ0) is 75.1. The van der Waals surface area contributed by atoms with Crippen molar-refractivity contribution in [3.63, 3.8) is 0 Å². The van der Waals surface area contributed by atoms with Crippen molar-refractivity contribution in [2.45, 2.75) is 197 Å². The Kier molecular flexibility index (Phi) is 36.4. The minimum atomic E-state index is -1.97. The van der Waals surface area contributed by atoms with Crippen LogP contribution in [0.4, 0.5) is 0 Å². The van der Waals surface area contributed by atoms with Crippen molar-refractivity contribution in [1.82, 2.24) is 57.7 Å². The Labute approximate surface area is 583 Å². The summed E-state index contributed by atoms with van der Waals surface area (Å²) in [6, 6.07) is -12.6. The number of thioether (sulfide) groups is 1. The number of aliphatic hydroxyl groups excluding tert-OH is 3. The summed E-state index contributed by atoms with van der Waals surface area (Å²) in [5, 5.41) is 82.3. The van der Waals surface area contributed by atoms with Crippen LogP contribution in [0.2, 0.25) is 0 Å². The molecule has 11 amide bonds. The van der Waals surface area contributed by atoms with E-state index in [1.807, 2.05) is 13.8 Å². The molecule has 0 aliphatic carbocycles. The van der Waals surface area contributed by atoms with E-state index in [9.17, 15) is 93.0 Å². The summed E-state index contributed by atoms with van der Waals surface area (Å²) in [7, 11) is 0. The monoisotopic (exact) mass is 1430 g/mol. The maximum Gasteiger partial charge on any atom is 0.328 e. The summed E-state index contributed by atoms with van der Waals surface area (Å²) in [6.45, 7) is 6.42. The van der Waals surface area contributed by atoms with E-state index < -0.39 is 175 Å². The van der Waals surface area contributed by atoms with E-state index in [1.54, 1.807) is 20.1 Å². The molecule has 25 N–H and O–H groups in total. The number of nitrogens with one attached hydrogen (secondary N) is 9. The fraction of sp³-hybridized carbons (Fsp3) is 0.661. The van der Waals surface area contributed by atoms with Gasteiger partial charge in [0.05, 0.1) is 31.8 Å². The van der Waals surface area contributed by atoms with Crippen LogP contribution in [0, 0.1) is 11.8 Å². The average molecular weight is 1440 g/mol. The van der Waals surface area contributed by atoms with Crippen LogP contribution in [0.3, 0.4) is 0 Å². The molecular formula is C62H102N18O19S. The molecule has 1 aromatic carbocycles. The van der Waals surface area contributed by atoms with Gasteiger partial charge in [0.15, 0.2) is 11.9 Å². The van der Waals surface area contributed by atoms with Crippen molar-refractivity contribution >= 4 is 101 Å². The van der Waals surface area contributed by atoms with Crippen molar-refractivity contribution in [2.75, 3.05) is 51.4 Å². The fourth-order valence-electron chi connectivity index (χ4n) is 11.0. The number of benzene rings is 1. The molecule has 37 nitrogen and oxygen atoms in total. The number of phenolic OH excluding ortho intramolecular Hbond substituents is 1. The summed E-state index contributed by atoms with van der Waals surface area (Å²) >= 11 is 1.24. The molecule has 0 spiro atoms. The Hall–Kier alpha value is -9.14. The lowest BCUT2D eigenvalue weighted by atomic mass is 10.0. The Morgan fingerprint density at radius 2 is 0.960 bits per heavy atom. The first-order valence-electron chi connectivity index (χ1n) is 32.9. The molecule has 2 heterocycles. The van der Waals surface area contributed by atoms with Crippen LogP contribution in [0.25, 0.3) is 0 Å². The second-order valence-corrected chi connectivity index (χ2v) is 26.3. The van der Waals surface area contributed by atoms with E-state index >= 15 is 0 Å². The van der Waals surface area contributed by atoms with Crippen LogP contribution in [0.15, 0.2) is 34.3 Å². The van der Waals surface area contributed by atoms with Gasteiger partial charge in [-0.25, -0.2) is 4.79 Å². The zero-order valence-electron chi connectivity index (χ0n) is 57.2. The minimum Gasteiger partial charge on any atom is -0.508 e. The number of guanidine groups is 2. The number of rotatable bonds is 43. The van der Waals surface area contributed by atoms with Gasteiger partial charge in [0.1, 0.15) is 72.2 Å². The lowest BCUT2D eigenvalue weighted by Gasteiger charge is -2.33. The number of amides is 11. The third-order valence-corrected chi connectivity index (χ3v) is 16.8. The van der Waals surface area contributed by atoms with Gasteiger partial charge >= 0.3 is 11.9 Å². The first kappa shape index (κ1) is 85.1. The van der Waals surface area contributed by atoms with Crippen molar-refractivity contribution in [3.8, 4) is 5.75 Å². The summed E-state index contributed by atoms with van der Waals surface area (Å²) in [6.07, 6.45) is -0.775. The molecule has 100 heavy (non-hydrogen) atoms. The van der Waals surface area contributed by atoms with Gasteiger partial charge < -0.3 is 117 Å². The van der Waals surface area contributed by atoms with E-state index in [2.05, 4.69) is 57.8 Å². The van der Waals surface area contributed by atoms with Crippen molar-refractivity contribution in [1.29, 1.82) is 0 Å². The lowest BCUT2D eigenvalue weighted by Crippen LogP contribution is -2.62. The molecule has 0 aromatic heterocycles. The highest BCUT2D eigenvalue weighted by molar-refractivity contribution is 7.98. The largest absolute Gasteiger partial charge is 0.508 e. The molecule has 1 aromatic rings. The number of phenols is 1. The molecular weight excluding hydrogens is 1330 g/mol. The average Bonchev–Trinajstić information content (AvgIpc) is 1.41. The number of aliphatic carboxylic acids is 2. The van der Waals surface area contributed by atoms with Gasteiger partial charge in [0.25, 0.3) is 0 Å². The number of hydrogen-bond donors (Lipinski definition) is 20. The van der Waals surface area contributed by atoms with Gasteiger partial charge in [-0.05, 0) is 119 Å². The quantitative estimate of drug-likeness (QED) is 0.0164. The second-order valence-electron chi connectivity index (χ2n) is 25.3. The molecule has 2 aliphatic heterocycles. The van der Waals surface area contributed by atoms with E-state index in [0.717, 1.165) is 4.90 Å². The van der Waals surface area contributed by atoms with Crippen LogP contribution >= 0.6 is 11.8 Å². The van der Waals surface area contributed by atoms with Crippen LogP contribution < -0.4 is 76.5 Å². The highest BCUT2D eigenvalue weighted by Gasteiger charge is 2.44. The van der Waals surface area contributed by atoms with Gasteiger partial charge in [-0.3, -0.25) is 67.5 Å². The molecule has 13 atom stereocenters. The molecule has 0 bridgehead atoms. The topological polar surface area (TPSA) is 613 Å². The number of hydrogen-bond acceptors (Lipinski definition) is 21. The van der Waals surface area contributed by atoms with Gasteiger partial charge in [-0.15, -0.1) is 0 Å². The summed E-state index contributed by atoms with van der Waals surface area (Å²) in [5.74, 6) is -14.3. The van der Waals surface area contributed by atoms with Crippen molar-refractivity contribution in [3.05, 3.63) is 29.8 Å². The van der Waals surface area contributed by atoms with Gasteiger partial charge in [0, 0.05) is 32.6 Å². The smallest absolute Gasteiger partial charge is 0.328 e. The number of likely N-dealkylation sites (tertiary alicyclic amines) is 2. The van der Waals surface area contributed by atoms with Crippen LogP contribution in [-0.2, 0) is 68.7 Å². The molecule has 560 valence electrons. The predicted octanol–water partition coefficient (Wildman–Crippen LogP) is -6.52. The maximum absolute atomic E-state index is 14.8. The molecule has 2 saturated heterocycles. The predicted molar refractivity (Wildman–Crippen MR) is 364 cm³/mol. The molecule has 0 radical (unpaired) electrons. The Morgan fingerprint density at radius 3 is 1.40 bits per heavy atom. The Morgan fingerprint density at radius 1 is 0.540 bits per heavy atom. The van der Waals surface area contributed by atoms with E-state index in [4.69, 9.17) is 28.7 Å². The number of nitrogens with zero attached hydrogens (tertiary/aromatic N) is 4. The first-order chi connectivity index (χ1) is 47.1. The molecule has 0 unspecified atom stereocenters. The minimum absolute atomic E-state index is 0.00558. The molecule has 2 aliphatic rings. The lowest BCUT2D eigenvalue weighted by molar-refractivity contribution is -0.146. The van der Waals surface area contributed by atoms with Crippen LogP contribution in [0.5, 0.6) is 5.75 Å². The van der Waals surface area contributed by atoms with E-state index in [0.29, 0.717) is 12.0 Å². The highest BCUT2D eigenvalue weighted by Crippen LogP contribution is 2.24. The standard InChI is InChI=1S/C62H102N18O19S/c1-31(2)25-36(63)49(87)76-43(29-81)55(93)78-48(33(5)83)59(97)80-23-10-14-46(80)57(95)75-42(26-32(3)4)58(96)79-22-9-13-45(79)56(94)74-40(27-34-15-17-35(84)18-16-34)53(91)73-41(28-47(85)86)54(92)72-39(19-24-100-6)52(90)71-37(11-7-20-68-61(64)65)50(88)70-38(12-8-21-69-62(66)67)51(89)77-44(30-82)60(98)99/h15-18,31-33,36-46,48,81-84H,7-14,19-30,63H2,1-6H3,(H,70,88)(H,71,90)(H,72,92)(H,73,91)(H,74,94)(H,75,95)(H,76,87)(H,77,89)(H,78,93)(H,85,86)(H,98,99)(H4,64,65,68)(H4,66,67,69)/t33-,36+,37+,38+,39+,40+,41+,42+,43+,44+,45+,46+,48+/m1/s1. The summed E-state index contributed by atoms with van der Waals surface area (Å²) in [4.78, 5) is 189. The third kappa shape index (κ3) is 28.6. The third-order valence-electron chi connectivity index (χ3n) is 16.1. The second kappa shape index (κ2) is 42.7. The van der Waals surface area contributed by atoms with E-state index in [1.165, 1.54) is 47.9 Å².